The van der Waals surface area contributed by atoms with Crippen molar-refractivity contribution in [1.29, 1.82) is 0 Å². The van der Waals surface area contributed by atoms with Crippen LogP contribution in [0, 0.1) is 19.8 Å². The van der Waals surface area contributed by atoms with Gasteiger partial charge >= 0.3 is 5.97 Å². The van der Waals surface area contributed by atoms with Crippen LogP contribution in [-0.4, -0.2) is 306 Å². The van der Waals surface area contributed by atoms with Crippen LogP contribution in [-0.2, 0) is 95.1 Å². The van der Waals surface area contributed by atoms with Gasteiger partial charge in [-0.2, -0.15) is 0 Å². The molecule has 5 N–H and O–H groups in total. The first-order chi connectivity index (χ1) is 53.6. The summed E-state index contributed by atoms with van der Waals surface area (Å²) in [7, 11) is 2.98. The molecule has 0 radical (unpaired) electrons. The fraction of sp³-hybridized carbons (Fsp3) is 0.646. The molecule has 8 bridgehead atoms. The number of aromatic amines is 2. The van der Waals surface area contributed by atoms with Gasteiger partial charge in [-0.05, 0) is 93.9 Å². The number of aryl methyl sites for hydroxylation is 2. The largest absolute Gasteiger partial charge is 0.469 e. The van der Waals surface area contributed by atoms with Gasteiger partial charge in [0.05, 0.1) is 212 Å². The number of imide groups is 2. The van der Waals surface area contributed by atoms with Crippen LogP contribution in [0.25, 0.3) is 33.2 Å². The Morgan fingerprint density at radius 1 is 0.595 bits per heavy atom. The van der Waals surface area contributed by atoms with E-state index < -0.39 is 59.6 Å². The molecule has 8 heterocycles. The van der Waals surface area contributed by atoms with E-state index in [0.717, 1.165) is 49.6 Å². The molecule has 7 amide bonds. The van der Waals surface area contributed by atoms with Crippen LogP contribution in [0.3, 0.4) is 0 Å². The summed E-state index contributed by atoms with van der Waals surface area (Å²) in [4.78, 5) is 129. The fourth-order valence-electron chi connectivity index (χ4n) is 13.6. The van der Waals surface area contributed by atoms with Gasteiger partial charge in [-0.15, -0.1) is 0 Å². The predicted octanol–water partition coefficient (Wildman–Crippen LogP) is 5.38. The Labute approximate surface area is 649 Å². The molecule has 1 fully saturated rings. The van der Waals surface area contributed by atoms with Gasteiger partial charge in [0.15, 0.2) is 0 Å². The molecule has 5 aliphatic rings. The average Bonchev–Trinajstić information content (AvgIpc) is 1.59. The van der Waals surface area contributed by atoms with E-state index in [1.807, 2.05) is 39.8 Å². The molecule has 1 saturated heterocycles. The number of nitrogens with zero attached hydrogens (tertiary/aromatic N) is 5. The van der Waals surface area contributed by atoms with Crippen molar-refractivity contribution in [3.8, 4) is 0 Å². The van der Waals surface area contributed by atoms with Crippen molar-refractivity contribution in [1.82, 2.24) is 50.6 Å². The summed E-state index contributed by atoms with van der Waals surface area (Å²) in [5, 5.41) is 8.44. The zero-order valence-electron chi connectivity index (χ0n) is 66.5. The highest BCUT2D eigenvalue weighted by atomic mass is 16.6. The molecule has 3 aromatic rings. The number of esters is 1. The molecule has 0 aliphatic carbocycles. The van der Waals surface area contributed by atoms with Crippen LogP contribution in [0.15, 0.2) is 30.4 Å². The van der Waals surface area contributed by atoms with Crippen molar-refractivity contribution in [2.24, 2.45) is 5.92 Å². The van der Waals surface area contributed by atoms with Crippen molar-refractivity contribution in [3.63, 3.8) is 0 Å². The molecule has 5 aliphatic heterocycles. The monoisotopic (exact) mass is 1560 g/mol. The minimum Gasteiger partial charge on any atom is -0.469 e. The normalized spacial score (nSPS) is 17.4. The number of hydrogen-bond donors (Lipinski definition) is 5. The van der Waals surface area contributed by atoms with E-state index in [1.54, 1.807) is 27.9 Å². The number of morpholine rings is 1. The number of hydrogen-bond acceptors (Lipinski definition) is 25. The van der Waals surface area contributed by atoms with E-state index in [9.17, 15) is 28.8 Å². The molecule has 8 rings (SSSR count). The van der Waals surface area contributed by atoms with Crippen LogP contribution in [0.1, 0.15) is 152 Å². The molecular formula is C79H116N10O22. The minimum absolute atomic E-state index is 0.00295. The summed E-state index contributed by atoms with van der Waals surface area (Å²) in [6.07, 6.45) is 2.67. The second-order valence-electron chi connectivity index (χ2n) is 27.8. The zero-order valence-corrected chi connectivity index (χ0v) is 66.5. The Kier molecular flexibility index (Phi) is 37.1. The standard InChI is InChI=1S/C79H116N10O22/c1-12-58-51(4)60-47-65-70(56(9)110-44-43-109-42-31-102-26-25-98-10)53(6)62(83-65)45-61-52(5)59(13-16-69(93)99-11)74(84-61)72-75-71(54(7)63(85-75)46-64(58)82-60)78(96)89(79(72)97)19-18-87-20-24-111-57(49-87)48-80-76(94)55(8)81-77(95)73(50(2)3)86-66(90)17-22-100-27-29-103-32-34-105-36-38-107-40-41-108-39-37-106-35-33-104-30-28-101-23-21-88-67(91)14-15-68(88)92/h14-15,45-47,50,52,55-57,59,73,83,85H,12-13,16-44,48-49H2,1-11H3,(H,80,94)(H,81,95)(H,86,90)/t52-,55-,56?,57?,59-,73-/m0/s1. The third kappa shape index (κ3) is 26.1. The molecule has 0 spiro atoms. The van der Waals surface area contributed by atoms with Gasteiger partial charge in [-0.3, -0.25) is 58.0 Å². The summed E-state index contributed by atoms with van der Waals surface area (Å²) in [6, 6.07) is 4.12. The van der Waals surface area contributed by atoms with Gasteiger partial charge in [0.25, 0.3) is 23.6 Å². The van der Waals surface area contributed by atoms with Gasteiger partial charge in [0.1, 0.15) is 12.1 Å². The highest BCUT2D eigenvalue weighted by Crippen LogP contribution is 2.45. The lowest BCUT2D eigenvalue weighted by Crippen LogP contribution is -2.56. The second kappa shape index (κ2) is 46.4. The van der Waals surface area contributed by atoms with Gasteiger partial charge in [-0.1, -0.05) is 27.7 Å². The van der Waals surface area contributed by atoms with Crippen LogP contribution in [0.2, 0.25) is 0 Å². The van der Waals surface area contributed by atoms with Gasteiger partial charge < -0.3 is 92.2 Å². The maximum absolute atomic E-state index is 15.6. The second-order valence-corrected chi connectivity index (χ2v) is 27.8. The maximum atomic E-state index is 15.6. The summed E-state index contributed by atoms with van der Waals surface area (Å²) >= 11 is 0. The first-order valence-corrected chi connectivity index (χ1v) is 38.7. The Balaban J connectivity index is 0.772. The third-order valence-corrected chi connectivity index (χ3v) is 19.9. The van der Waals surface area contributed by atoms with E-state index in [2.05, 4.69) is 50.7 Å². The zero-order chi connectivity index (χ0) is 79.8. The van der Waals surface area contributed by atoms with Gasteiger partial charge in [0, 0.05) is 104 Å². The molecule has 0 saturated carbocycles. The summed E-state index contributed by atoms with van der Waals surface area (Å²) in [5.41, 5.74) is 10.3. The Bertz CT molecular complexity index is 3820. The van der Waals surface area contributed by atoms with E-state index in [-0.39, 0.29) is 101 Å². The molecule has 111 heavy (non-hydrogen) atoms. The molecule has 32 nitrogen and oxygen atoms in total. The molecule has 0 aromatic carbocycles. The first-order valence-electron chi connectivity index (χ1n) is 38.7. The quantitative estimate of drug-likeness (QED) is 0.0269. The van der Waals surface area contributed by atoms with Crippen molar-refractivity contribution in [2.45, 2.75) is 124 Å². The highest BCUT2D eigenvalue weighted by Gasteiger charge is 2.42. The molecule has 6 atom stereocenters. The molecule has 32 heteroatoms. The number of carbonyl (C=O) groups is 8. The number of carbonyl (C=O) groups excluding carboxylic acids is 8. The predicted molar refractivity (Wildman–Crippen MR) is 410 cm³/mol. The van der Waals surface area contributed by atoms with Crippen molar-refractivity contribution in [2.75, 3.05) is 205 Å². The smallest absolute Gasteiger partial charge is 0.305 e. The van der Waals surface area contributed by atoms with E-state index >= 15 is 9.59 Å². The van der Waals surface area contributed by atoms with Crippen LogP contribution in [0.4, 0.5) is 0 Å². The van der Waals surface area contributed by atoms with E-state index in [1.165, 1.54) is 24.2 Å². The fourth-order valence-corrected chi connectivity index (χ4v) is 13.6. The Morgan fingerprint density at radius 2 is 1.14 bits per heavy atom. The number of allylic oxidation sites excluding steroid dienone is 2. The first kappa shape index (κ1) is 88.8. The summed E-state index contributed by atoms with van der Waals surface area (Å²) < 4.78 is 78.3. The van der Waals surface area contributed by atoms with Gasteiger partial charge in [0.2, 0.25) is 17.7 Å². The lowest BCUT2D eigenvalue weighted by molar-refractivity contribution is -0.141. The van der Waals surface area contributed by atoms with E-state index in [0.29, 0.717) is 185 Å². The Morgan fingerprint density at radius 3 is 1.72 bits per heavy atom. The minimum atomic E-state index is -0.968. The molecule has 614 valence electrons. The third-order valence-electron chi connectivity index (χ3n) is 19.9. The summed E-state index contributed by atoms with van der Waals surface area (Å²) in [5.74, 6) is -4.47. The van der Waals surface area contributed by atoms with Gasteiger partial charge in [-0.25, -0.2) is 4.98 Å². The topological polar surface area (TPSA) is 369 Å². The van der Waals surface area contributed by atoms with Crippen molar-refractivity contribution in [3.05, 3.63) is 80.9 Å². The number of fused-ring (bicyclic) bond motifs is 8. The number of nitrogens with one attached hydrogen (secondary N) is 5. The highest BCUT2D eigenvalue weighted by molar-refractivity contribution is 6.23. The maximum Gasteiger partial charge on any atom is 0.305 e. The molecule has 2 unspecified atom stereocenters. The number of ether oxygens (including phenoxy) is 14. The molecule has 3 aromatic heterocycles. The lowest BCUT2D eigenvalue weighted by Gasteiger charge is -2.35. The van der Waals surface area contributed by atoms with Crippen molar-refractivity contribution < 1.29 is 105 Å². The number of rotatable bonds is 52. The number of amides is 7. The van der Waals surface area contributed by atoms with E-state index in [4.69, 9.17) is 76.3 Å². The average molecular weight is 1560 g/mol. The number of H-pyrrole nitrogens is 2. The lowest BCUT2D eigenvalue weighted by atomic mass is 9.84. The van der Waals surface area contributed by atoms with Crippen LogP contribution >= 0.6 is 0 Å². The number of aromatic nitrogens is 4. The molecular weight excluding hydrogens is 1440 g/mol. The Hall–Kier alpha value is -7.80. The number of methoxy groups -OCH3 is 2. The SMILES string of the molecule is CCC1=C(C)c2cc3[nH]c(cc4nc(c5c6[nH]c(cc1n2)c(C)c6C(=O)N(CCN1CCOC(CNC(=O)[C@H](C)NC(=O)[C@@H](NC(=O)CCOCCOCCOCCOCCOCCOCCOCCOCCN2C(=O)C=CC2=O)C(C)C)C1)C5=O)[C@@H](CCC(=O)OC)[C@@H]4C)c(C)c3C(C)OCCOCCOCCOC. The van der Waals surface area contributed by atoms with Crippen LogP contribution in [0.5, 0.6) is 0 Å². The van der Waals surface area contributed by atoms with Crippen molar-refractivity contribution >= 4 is 80.5 Å². The van der Waals surface area contributed by atoms with Crippen LogP contribution < -0.4 is 16.0 Å². The summed E-state index contributed by atoms with van der Waals surface area (Å²) in [6.45, 7) is 27.1.